The maximum absolute atomic E-state index is 11.3. The SMILES string of the molecule is C=C(C)C(=O)OCc1cc([N+](=O)[O-])c([N+](=O)[O-])cc1[N+](=O)[O-]. The van der Waals surface area contributed by atoms with Crippen LogP contribution >= 0.6 is 0 Å². The summed E-state index contributed by atoms with van der Waals surface area (Å²) in [6.45, 7) is 3.99. The molecular formula is C11H9N3O8. The van der Waals surface area contributed by atoms with Crippen LogP contribution in [0.15, 0.2) is 24.3 Å². The molecule has 116 valence electrons. The summed E-state index contributed by atoms with van der Waals surface area (Å²) < 4.78 is 4.68. The molecule has 1 aromatic carbocycles. The van der Waals surface area contributed by atoms with E-state index in [1.165, 1.54) is 6.92 Å². The Balaban J connectivity index is 3.36. The van der Waals surface area contributed by atoms with Crippen LogP contribution in [0.2, 0.25) is 0 Å². The number of nitro groups is 3. The van der Waals surface area contributed by atoms with E-state index in [0.29, 0.717) is 12.1 Å². The minimum Gasteiger partial charge on any atom is -0.457 e. The molecule has 0 fully saturated rings. The third kappa shape index (κ3) is 3.59. The molecule has 22 heavy (non-hydrogen) atoms. The molecule has 0 bridgehead atoms. The molecule has 11 nitrogen and oxygen atoms in total. The van der Waals surface area contributed by atoms with E-state index in [2.05, 4.69) is 11.3 Å². The molecule has 0 aliphatic carbocycles. The fourth-order valence-corrected chi connectivity index (χ4v) is 1.45. The van der Waals surface area contributed by atoms with Crippen LogP contribution in [0.4, 0.5) is 17.1 Å². The van der Waals surface area contributed by atoms with Gasteiger partial charge in [-0.05, 0) is 6.92 Å². The molecule has 0 aliphatic rings. The lowest BCUT2D eigenvalue weighted by Crippen LogP contribution is -2.08. The first-order chi connectivity index (χ1) is 10.1. The van der Waals surface area contributed by atoms with Gasteiger partial charge in [-0.2, -0.15) is 0 Å². The number of hydrogen-bond acceptors (Lipinski definition) is 8. The van der Waals surface area contributed by atoms with Crippen molar-refractivity contribution in [2.75, 3.05) is 0 Å². The highest BCUT2D eigenvalue weighted by Crippen LogP contribution is 2.34. The summed E-state index contributed by atoms with van der Waals surface area (Å²) in [4.78, 5) is 40.6. The summed E-state index contributed by atoms with van der Waals surface area (Å²) in [7, 11) is 0. The maximum Gasteiger partial charge on any atom is 0.352 e. The number of ether oxygens (including phenoxy) is 1. The van der Waals surface area contributed by atoms with Crippen molar-refractivity contribution in [3.8, 4) is 0 Å². The van der Waals surface area contributed by atoms with E-state index in [9.17, 15) is 35.1 Å². The lowest BCUT2D eigenvalue weighted by Gasteiger charge is -2.05. The molecule has 0 aromatic heterocycles. The van der Waals surface area contributed by atoms with Gasteiger partial charge in [0.05, 0.1) is 20.3 Å². The van der Waals surface area contributed by atoms with E-state index in [4.69, 9.17) is 0 Å². The van der Waals surface area contributed by atoms with Crippen molar-refractivity contribution in [1.82, 2.24) is 0 Å². The van der Waals surface area contributed by atoms with Gasteiger partial charge in [-0.15, -0.1) is 0 Å². The molecule has 0 atom stereocenters. The minimum atomic E-state index is -1.10. The highest BCUT2D eigenvalue weighted by molar-refractivity contribution is 5.87. The number of nitrogens with zero attached hydrogens (tertiary/aromatic N) is 3. The zero-order valence-electron chi connectivity index (χ0n) is 11.2. The predicted molar refractivity (Wildman–Crippen MR) is 71.0 cm³/mol. The number of carbonyl (C=O) groups is 1. The van der Waals surface area contributed by atoms with Gasteiger partial charge in [0.1, 0.15) is 12.7 Å². The largest absolute Gasteiger partial charge is 0.457 e. The van der Waals surface area contributed by atoms with Crippen LogP contribution in [0, 0.1) is 30.3 Å². The van der Waals surface area contributed by atoms with E-state index in [-0.39, 0.29) is 11.1 Å². The predicted octanol–water partition coefficient (Wildman–Crippen LogP) is 2.03. The number of carbonyl (C=O) groups excluding carboxylic acids is 1. The Morgan fingerprint density at radius 1 is 1.05 bits per heavy atom. The van der Waals surface area contributed by atoms with Gasteiger partial charge in [-0.1, -0.05) is 6.58 Å². The number of nitro benzene ring substituents is 3. The third-order valence-electron chi connectivity index (χ3n) is 2.47. The maximum atomic E-state index is 11.3. The first kappa shape index (κ1) is 16.7. The van der Waals surface area contributed by atoms with Gasteiger partial charge in [-0.25, -0.2) is 4.79 Å². The summed E-state index contributed by atoms with van der Waals surface area (Å²) in [5.41, 5.74) is -3.02. The van der Waals surface area contributed by atoms with E-state index in [0.717, 1.165) is 0 Å². The second kappa shape index (κ2) is 6.39. The molecule has 0 saturated heterocycles. The van der Waals surface area contributed by atoms with Gasteiger partial charge in [0.2, 0.25) is 0 Å². The van der Waals surface area contributed by atoms with Crippen molar-refractivity contribution in [1.29, 1.82) is 0 Å². The second-order valence-electron chi connectivity index (χ2n) is 4.10. The van der Waals surface area contributed by atoms with Gasteiger partial charge >= 0.3 is 17.3 Å². The van der Waals surface area contributed by atoms with Crippen LogP contribution in [0.5, 0.6) is 0 Å². The van der Waals surface area contributed by atoms with Crippen LogP contribution in [0.3, 0.4) is 0 Å². The molecule has 1 rings (SSSR count). The lowest BCUT2D eigenvalue weighted by atomic mass is 10.1. The van der Waals surface area contributed by atoms with Crippen LogP contribution in [0.1, 0.15) is 12.5 Å². The van der Waals surface area contributed by atoms with Crippen LogP contribution in [0.25, 0.3) is 0 Å². The fourth-order valence-electron chi connectivity index (χ4n) is 1.45. The Bertz CT molecular complexity index is 697. The van der Waals surface area contributed by atoms with Crippen molar-refractivity contribution >= 4 is 23.0 Å². The fraction of sp³-hybridized carbons (Fsp3) is 0.182. The molecule has 0 unspecified atom stereocenters. The van der Waals surface area contributed by atoms with E-state index in [1.54, 1.807) is 0 Å². The van der Waals surface area contributed by atoms with Crippen molar-refractivity contribution in [3.05, 3.63) is 60.2 Å². The van der Waals surface area contributed by atoms with Crippen LogP contribution in [-0.2, 0) is 16.1 Å². The third-order valence-corrected chi connectivity index (χ3v) is 2.47. The van der Waals surface area contributed by atoms with Crippen molar-refractivity contribution < 1.29 is 24.3 Å². The molecule has 0 radical (unpaired) electrons. The lowest BCUT2D eigenvalue weighted by molar-refractivity contribution is -0.424. The molecule has 0 heterocycles. The molecular weight excluding hydrogens is 302 g/mol. The zero-order valence-corrected chi connectivity index (χ0v) is 11.2. The Labute approximate surface area is 122 Å². The van der Waals surface area contributed by atoms with E-state index in [1.807, 2.05) is 0 Å². The highest BCUT2D eigenvalue weighted by atomic mass is 16.6. The molecule has 0 spiro atoms. The molecule has 0 amide bonds. The summed E-state index contributed by atoms with van der Waals surface area (Å²) >= 11 is 0. The van der Waals surface area contributed by atoms with Gasteiger partial charge in [0, 0.05) is 11.6 Å². The standard InChI is InChI=1S/C11H9N3O8/c1-6(2)11(15)22-5-7-3-9(13(18)19)10(14(20)21)4-8(7)12(16)17/h3-4H,1,5H2,2H3. The topological polar surface area (TPSA) is 156 Å². The van der Waals surface area contributed by atoms with Crippen LogP contribution in [-0.4, -0.2) is 20.7 Å². The van der Waals surface area contributed by atoms with Crippen molar-refractivity contribution in [3.63, 3.8) is 0 Å². The summed E-state index contributed by atoms with van der Waals surface area (Å²) in [6.07, 6.45) is 0. The number of hydrogen-bond donors (Lipinski definition) is 0. The zero-order chi connectivity index (χ0) is 17.0. The summed E-state index contributed by atoms with van der Waals surface area (Å²) in [6, 6.07) is 1.10. The Morgan fingerprint density at radius 3 is 1.91 bits per heavy atom. The monoisotopic (exact) mass is 311 g/mol. The normalized spacial score (nSPS) is 9.86. The smallest absolute Gasteiger partial charge is 0.352 e. The molecule has 11 heteroatoms. The Morgan fingerprint density at radius 2 is 1.50 bits per heavy atom. The summed E-state index contributed by atoms with van der Waals surface area (Å²) in [5, 5.41) is 32.5. The van der Waals surface area contributed by atoms with Gasteiger partial charge < -0.3 is 4.74 Å². The molecule has 0 aliphatic heterocycles. The van der Waals surface area contributed by atoms with Crippen molar-refractivity contribution in [2.45, 2.75) is 13.5 Å². The highest BCUT2D eigenvalue weighted by Gasteiger charge is 2.31. The van der Waals surface area contributed by atoms with Gasteiger partial charge in [0.15, 0.2) is 0 Å². The van der Waals surface area contributed by atoms with Crippen LogP contribution < -0.4 is 0 Å². The number of benzene rings is 1. The minimum absolute atomic E-state index is 0.0269. The molecule has 0 N–H and O–H groups in total. The number of rotatable bonds is 6. The Kier molecular flexibility index (Phi) is 4.84. The first-order valence-electron chi connectivity index (χ1n) is 5.57. The average Bonchev–Trinajstić information content (AvgIpc) is 2.42. The van der Waals surface area contributed by atoms with Gasteiger partial charge in [0.25, 0.3) is 5.69 Å². The second-order valence-corrected chi connectivity index (χ2v) is 4.10. The quantitative estimate of drug-likeness (QED) is 0.334. The van der Waals surface area contributed by atoms with E-state index >= 15 is 0 Å². The molecule has 0 saturated carbocycles. The van der Waals surface area contributed by atoms with Gasteiger partial charge in [-0.3, -0.25) is 30.3 Å². The Hall–Kier alpha value is -3.37. The molecule has 1 aromatic rings. The van der Waals surface area contributed by atoms with Crippen molar-refractivity contribution in [2.24, 2.45) is 0 Å². The first-order valence-corrected chi connectivity index (χ1v) is 5.57. The number of esters is 1. The summed E-state index contributed by atoms with van der Waals surface area (Å²) in [5.74, 6) is -0.852. The average molecular weight is 311 g/mol. The van der Waals surface area contributed by atoms with E-state index < -0.39 is 44.4 Å².